The summed E-state index contributed by atoms with van der Waals surface area (Å²) in [5.74, 6) is -1.87. The van der Waals surface area contributed by atoms with Gasteiger partial charge in [-0.2, -0.15) is 0 Å². The smallest absolute Gasteiger partial charge is 0.272 e. The van der Waals surface area contributed by atoms with Crippen LogP contribution in [-0.2, 0) is 0 Å². The zero-order chi connectivity index (χ0) is 17.3. The SMILES string of the molecule is CCC(c1ccc(F)c(F)c1)n1c(C(=O)N2CCCC2)c[nH]c1=S. The predicted octanol–water partition coefficient (Wildman–Crippen LogP) is 4.06. The number of H-pyrrole nitrogens is 1. The Morgan fingerprint density at radius 1 is 1.29 bits per heavy atom. The van der Waals surface area contributed by atoms with E-state index in [2.05, 4.69) is 4.98 Å². The summed E-state index contributed by atoms with van der Waals surface area (Å²) in [5, 5.41) is 0. The lowest BCUT2D eigenvalue weighted by Crippen LogP contribution is -2.30. The van der Waals surface area contributed by atoms with Gasteiger partial charge in [-0.3, -0.25) is 4.79 Å². The Morgan fingerprint density at radius 3 is 2.62 bits per heavy atom. The van der Waals surface area contributed by atoms with Gasteiger partial charge in [0.2, 0.25) is 0 Å². The highest BCUT2D eigenvalue weighted by Gasteiger charge is 2.26. The maximum atomic E-state index is 13.6. The van der Waals surface area contributed by atoms with Gasteiger partial charge < -0.3 is 14.5 Å². The van der Waals surface area contributed by atoms with E-state index < -0.39 is 11.6 Å². The lowest BCUT2D eigenvalue weighted by atomic mass is 10.0. The van der Waals surface area contributed by atoms with Crippen LogP contribution in [0.25, 0.3) is 0 Å². The molecule has 1 atom stereocenters. The lowest BCUT2D eigenvalue weighted by Gasteiger charge is -2.22. The van der Waals surface area contributed by atoms with E-state index in [0.29, 0.717) is 22.4 Å². The Hall–Kier alpha value is -2.02. The number of carbonyl (C=O) groups excluding carboxylic acids is 1. The Kier molecular flexibility index (Phi) is 4.80. The van der Waals surface area contributed by atoms with E-state index in [1.165, 1.54) is 12.1 Å². The Balaban J connectivity index is 2.03. The molecule has 0 bridgehead atoms. The average molecular weight is 351 g/mol. The van der Waals surface area contributed by atoms with Crippen LogP contribution in [0.1, 0.15) is 48.3 Å². The van der Waals surface area contributed by atoms with Crippen molar-refractivity contribution in [3.05, 3.63) is 52.1 Å². The van der Waals surface area contributed by atoms with Gasteiger partial charge in [0.15, 0.2) is 16.4 Å². The number of likely N-dealkylation sites (tertiary alicyclic amines) is 1. The molecule has 4 nitrogen and oxygen atoms in total. The van der Waals surface area contributed by atoms with Crippen molar-refractivity contribution in [1.82, 2.24) is 14.5 Å². The highest BCUT2D eigenvalue weighted by molar-refractivity contribution is 7.71. The number of aromatic nitrogens is 2. The second-order valence-corrected chi connectivity index (χ2v) is 6.33. The molecule has 0 saturated carbocycles. The van der Waals surface area contributed by atoms with Crippen molar-refractivity contribution in [1.29, 1.82) is 0 Å². The summed E-state index contributed by atoms with van der Waals surface area (Å²) in [6.45, 7) is 3.39. The summed E-state index contributed by atoms with van der Waals surface area (Å²) in [4.78, 5) is 17.5. The minimum atomic E-state index is -0.902. The molecule has 3 rings (SSSR count). The van der Waals surface area contributed by atoms with Crippen LogP contribution in [0, 0.1) is 16.4 Å². The van der Waals surface area contributed by atoms with E-state index in [1.807, 2.05) is 6.92 Å². The number of hydrogen-bond acceptors (Lipinski definition) is 2. The number of nitrogens with zero attached hydrogens (tertiary/aromatic N) is 2. The van der Waals surface area contributed by atoms with Crippen molar-refractivity contribution in [3.8, 4) is 0 Å². The fraction of sp³-hybridized carbons (Fsp3) is 0.412. The molecule has 1 N–H and O–H groups in total. The molecule has 1 amide bonds. The zero-order valence-corrected chi connectivity index (χ0v) is 14.2. The van der Waals surface area contributed by atoms with Gasteiger partial charge in [0.05, 0.1) is 6.04 Å². The quantitative estimate of drug-likeness (QED) is 0.844. The molecule has 1 aliphatic rings. The average Bonchev–Trinajstić information content (AvgIpc) is 3.22. The molecule has 0 aliphatic carbocycles. The van der Waals surface area contributed by atoms with E-state index in [4.69, 9.17) is 12.2 Å². The number of halogens is 2. The number of rotatable bonds is 4. The van der Waals surface area contributed by atoms with Crippen molar-refractivity contribution in [2.24, 2.45) is 0 Å². The second kappa shape index (κ2) is 6.84. The van der Waals surface area contributed by atoms with Crippen LogP contribution in [0.3, 0.4) is 0 Å². The number of nitrogens with one attached hydrogen (secondary N) is 1. The van der Waals surface area contributed by atoms with Crippen molar-refractivity contribution in [2.45, 2.75) is 32.2 Å². The lowest BCUT2D eigenvalue weighted by molar-refractivity contribution is 0.0780. The first-order valence-corrected chi connectivity index (χ1v) is 8.48. The van der Waals surface area contributed by atoms with Crippen LogP contribution in [0.2, 0.25) is 0 Å². The Morgan fingerprint density at radius 2 is 2.00 bits per heavy atom. The van der Waals surface area contributed by atoms with Gasteiger partial charge in [-0.05, 0) is 49.2 Å². The first kappa shape index (κ1) is 16.8. The van der Waals surface area contributed by atoms with Gasteiger partial charge in [0.1, 0.15) is 5.69 Å². The number of carbonyl (C=O) groups is 1. The number of hydrogen-bond donors (Lipinski definition) is 1. The van der Waals surface area contributed by atoms with Crippen molar-refractivity contribution < 1.29 is 13.6 Å². The molecule has 0 radical (unpaired) electrons. The third kappa shape index (κ3) is 3.00. The largest absolute Gasteiger partial charge is 0.337 e. The van der Waals surface area contributed by atoms with Crippen LogP contribution in [-0.4, -0.2) is 33.4 Å². The minimum Gasteiger partial charge on any atom is -0.337 e. The van der Waals surface area contributed by atoms with E-state index in [0.717, 1.165) is 32.0 Å². The van der Waals surface area contributed by atoms with Crippen LogP contribution < -0.4 is 0 Å². The number of aromatic amines is 1. The standard InChI is InChI=1S/C17H19F2N3OS/c1-2-14(11-5-6-12(18)13(19)9-11)22-15(10-20-17(22)24)16(23)21-7-3-4-8-21/h5-6,9-10,14H,2-4,7-8H2,1H3,(H,20,24). The van der Waals surface area contributed by atoms with Gasteiger partial charge in [0.25, 0.3) is 5.91 Å². The van der Waals surface area contributed by atoms with E-state index in [-0.39, 0.29) is 11.9 Å². The van der Waals surface area contributed by atoms with Gasteiger partial charge >= 0.3 is 0 Å². The van der Waals surface area contributed by atoms with E-state index >= 15 is 0 Å². The molecule has 2 aromatic rings. The summed E-state index contributed by atoms with van der Waals surface area (Å²) < 4.78 is 29.0. The van der Waals surface area contributed by atoms with Gasteiger partial charge in [-0.25, -0.2) is 8.78 Å². The van der Waals surface area contributed by atoms with Crippen molar-refractivity contribution in [3.63, 3.8) is 0 Å². The summed E-state index contributed by atoms with van der Waals surface area (Å²) in [6.07, 6.45) is 4.19. The molecule has 2 heterocycles. The fourth-order valence-electron chi connectivity index (χ4n) is 3.22. The van der Waals surface area contributed by atoms with Crippen LogP contribution in [0.4, 0.5) is 8.78 Å². The van der Waals surface area contributed by atoms with Gasteiger partial charge in [-0.15, -0.1) is 0 Å². The monoisotopic (exact) mass is 351 g/mol. The summed E-state index contributed by atoms with van der Waals surface area (Å²) in [7, 11) is 0. The first-order valence-electron chi connectivity index (χ1n) is 8.07. The molecule has 1 aromatic carbocycles. The summed E-state index contributed by atoms with van der Waals surface area (Å²) in [5.41, 5.74) is 1.04. The van der Waals surface area contributed by atoms with E-state index in [1.54, 1.807) is 15.7 Å². The normalized spacial score (nSPS) is 15.7. The molecular formula is C17H19F2N3OS. The summed E-state index contributed by atoms with van der Waals surface area (Å²) >= 11 is 5.34. The fourth-order valence-corrected chi connectivity index (χ4v) is 3.51. The van der Waals surface area contributed by atoms with Crippen molar-refractivity contribution in [2.75, 3.05) is 13.1 Å². The van der Waals surface area contributed by atoms with Crippen LogP contribution in [0.15, 0.2) is 24.4 Å². The second-order valence-electron chi connectivity index (χ2n) is 5.95. The molecule has 24 heavy (non-hydrogen) atoms. The predicted molar refractivity (Wildman–Crippen MR) is 89.5 cm³/mol. The molecule has 1 fully saturated rings. The number of amides is 1. The molecule has 0 spiro atoms. The number of imidazole rings is 1. The Labute approximate surface area is 144 Å². The molecule has 128 valence electrons. The van der Waals surface area contributed by atoms with Gasteiger partial charge in [-0.1, -0.05) is 13.0 Å². The van der Waals surface area contributed by atoms with Gasteiger partial charge in [0, 0.05) is 19.3 Å². The van der Waals surface area contributed by atoms with Crippen molar-refractivity contribution >= 4 is 18.1 Å². The number of benzene rings is 1. The maximum Gasteiger partial charge on any atom is 0.272 e. The van der Waals surface area contributed by atoms with E-state index in [9.17, 15) is 13.6 Å². The molecular weight excluding hydrogens is 332 g/mol. The highest BCUT2D eigenvalue weighted by atomic mass is 32.1. The molecule has 1 aromatic heterocycles. The first-order chi connectivity index (χ1) is 11.5. The minimum absolute atomic E-state index is 0.0825. The third-order valence-corrected chi connectivity index (χ3v) is 4.76. The topological polar surface area (TPSA) is 41.0 Å². The molecule has 1 aliphatic heterocycles. The zero-order valence-electron chi connectivity index (χ0n) is 13.4. The summed E-state index contributed by atoms with van der Waals surface area (Å²) in [6, 6.07) is 3.47. The molecule has 1 unspecified atom stereocenters. The molecule has 1 saturated heterocycles. The molecule has 7 heteroatoms. The van der Waals surface area contributed by atoms with Crippen LogP contribution >= 0.6 is 12.2 Å². The third-order valence-electron chi connectivity index (χ3n) is 4.45. The Bertz CT molecular complexity index is 808. The maximum absolute atomic E-state index is 13.6. The van der Waals surface area contributed by atoms with Crippen LogP contribution in [0.5, 0.6) is 0 Å². The highest BCUT2D eigenvalue weighted by Crippen LogP contribution is 2.27.